The molecule has 1 amide bonds. The normalized spacial score (nSPS) is 10.7. The molecule has 0 saturated carbocycles. The lowest BCUT2D eigenvalue weighted by Gasteiger charge is -2.03. The number of aryl methyl sites for hydroxylation is 1. The molecule has 0 aliphatic carbocycles. The van der Waals surface area contributed by atoms with Gasteiger partial charge in [-0.15, -0.1) is 11.3 Å². The van der Waals surface area contributed by atoms with Crippen LogP contribution in [0.15, 0.2) is 6.33 Å². The number of rotatable bonds is 5. The van der Waals surface area contributed by atoms with Gasteiger partial charge in [-0.25, -0.2) is 9.97 Å². The second-order valence-corrected chi connectivity index (χ2v) is 4.96. The second-order valence-electron chi connectivity index (χ2n) is 3.96. The first kappa shape index (κ1) is 13.7. The van der Waals surface area contributed by atoms with Gasteiger partial charge in [-0.1, -0.05) is 0 Å². The standard InChI is InChI=1S/C12H16N4O2S/c1-7-8-10(13-2)15-6-16-12(8)19-9(7)11(17)14-4-5-18-3/h6H,4-5H2,1-3H3,(H,14,17)(H,13,15,16). The van der Waals surface area contributed by atoms with Crippen LogP contribution in [-0.2, 0) is 4.74 Å². The quantitative estimate of drug-likeness (QED) is 0.810. The summed E-state index contributed by atoms with van der Waals surface area (Å²) in [4.78, 5) is 21.9. The van der Waals surface area contributed by atoms with Gasteiger partial charge in [-0.2, -0.15) is 0 Å². The second kappa shape index (κ2) is 5.94. The molecule has 0 bridgehead atoms. The van der Waals surface area contributed by atoms with E-state index in [2.05, 4.69) is 20.6 Å². The number of fused-ring (bicyclic) bond motifs is 1. The molecule has 2 aromatic rings. The number of thiophene rings is 1. The van der Waals surface area contributed by atoms with Crippen molar-refractivity contribution in [2.75, 3.05) is 32.6 Å². The first-order valence-corrected chi connectivity index (χ1v) is 6.69. The van der Waals surface area contributed by atoms with E-state index < -0.39 is 0 Å². The van der Waals surface area contributed by atoms with Gasteiger partial charge in [0, 0.05) is 20.7 Å². The van der Waals surface area contributed by atoms with E-state index in [9.17, 15) is 4.79 Å². The molecule has 0 spiro atoms. The predicted molar refractivity (Wildman–Crippen MR) is 75.9 cm³/mol. The van der Waals surface area contributed by atoms with Crippen molar-refractivity contribution in [1.29, 1.82) is 0 Å². The van der Waals surface area contributed by atoms with Crippen molar-refractivity contribution >= 4 is 33.3 Å². The first-order chi connectivity index (χ1) is 9.19. The molecule has 0 unspecified atom stereocenters. The third-order valence-corrected chi connectivity index (χ3v) is 3.96. The molecule has 0 aromatic carbocycles. The third-order valence-electron chi connectivity index (χ3n) is 2.76. The zero-order valence-corrected chi connectivity index (χ0v) is 11.9. The molecule has 7 heteroatoms. The number of amides is 1. The summed E-state index contributed by atoms with van der Waals surface area (Å²) in [5.41, 5.74) is 0.903. The Labute approximate surface area is 115 Å². The Morgan fingerprint density at radius 2 is 2.26 bits per heavy atom. The topological polar surface area (TPSA) is 76.1 Å². The fraction of sp³-hybridized carbons (Fsp3) is 0.417. The van der Waals surface area contributed by atoms with Crippen molar-refractivity contribution in [1.82, 2.24) is 15.3 Å². The SMILES string of the molecule is CNc1ncnc2sc(C(=O)NCCOC)c(C)c12. The van der Waals surface area contributed by atoms with Crippen molar-refractivity contribution in [2.24, 2.45) is 0 Å². The molecule has 0 aliphatic heterocycles. The number of hydrogen-bond acceptors (Lipinski definition) is 6. The zero-order valence-electron chi connectivity index (χ0n) is 11.1. The summed E-state index contributed by atoms with van der Waals surface area (Å²) in [6.07, 6.45) is 1.50. The van der Waals surface area contributed by atoms with Gasteiger partial charge in [0.15, 0.2) is 0 Å². The Kier molecular flexibility index (Phi) is 4.28. The van der Waals surface area contributed by atoms with Gasteiger partial charge >= 0.3 is 0 Å². The summed E-state index contributed by atoms with van der Waals surface area (Å²) in [5, 5.41) is 6.75. The molecule has 2 aromatic heterocycles. The van der Waals surface area contributed by atoms with Gasteiger partial charge in [0.05, 0.1) is 16.9 Å². The van der Waals surface area contributed by atoms with E-state index in [1.54, 1.807) is 14.2 Å². The number of ether oxygens (including phenoxy) is 1. The number of nitrogens with zero attached hydrogens (tertiary/aromatic N) is 2. The summed E-state index contributed by atoms with van der Waals surface area (Å²) in [7, 11) is 3.41. The fourth-order valence-corrected chi connectivity index (χ4v) is 2.89. The Bertz CT molecular complexity index is 597. The monoisotopic (exact) mass is 280 g/mol. The first-order valence-electron chi connectivity index (χ1n) is 5.88. The lowest BCUT2D eigenvalue weighted by molar-refractivity contribution is 0.0940. The molecule has 6 nitrogen and oxygen atoms in total. The Morgan fingerprint density at radius 1 is 1.47 bits per heavy atom. The van der Waals surface area contributed by atoms with Crippen molar-refractivity contribution in [3.63, 3.8) is 0 Å². The summed E-state index contributed by atoms with van der Waals surface area (Å²) in [6.45, 7) is 2.90. The van der Waals surface area contributed by atoms with E-state index in [-0.39, 0.29) is 5.91 Å². The van der Waals surface area contributed by atoms with Crippen LogP contribution in [0.2, 0.25) is 0 Å². The predicted octanol–water partition coefficient (Wildman–Crippen LogP) is 1.42. The smallest absolute Gasteiger partial charge is 0.261 e. The van der Waals surface area contributed by atoms with Crippen LogP contribution in [-0.4, -0.2) is 43.2 Å². The van der Waals surface area contributed by atoms with Crippen LogP contribution in [0.1, 0.15) is 15.2 Å². The van der Waals surface area contributed by atoms with Crippen molar-refractivity contribution in [3.05, 3.63) is 16.8 Å². The minimum absolute atomic E-state index is 0.0976. The molecule has 0 saturated heterocycles. The van der Waals surface area contributed by atoms with Crippen molar-refractivity contribution in [3.8, 4) is 0 Å². The summed E-state index contributed by atoms with van der Waals surface area (Å²) in [5.74, 6) is 0.647. The Morgan fingerprint density at radius 3 is 2.95 bits per heavy atom. The third kappa shape index (κ3) is 2.66. The number of aromatic nitrogens is 2. The molecule has 2 heterocycles. The minimum atomic E-state index is -0.0976. The van der Waals surface area contributed by atoms with Crippen molar-refractivity contribution in [2.45, 2.75) is 6.92 Å². The molecular weight excluding hydrogens is 264 g/mol. The maximum atomic E-state index is 12.1. The van der Waals surface area contributed by atoms with E-state index in [4.69, 9.17) is 4.74 Å². The highest BCUT2D eigenvalue weighted by molar-refractivity contribution is 7.20. The molecular formula is C12H16N4O2S. The van der Waals surface area contributed by atoms with Crippen LogP contribution in [0, 0.1) is 6.92 Å². The van der Waals surface area contributed by atoms with E-state index in [0.717, 1.165) is 21.6 Å². The lowest BCUT2D eigenvalue weighted by Crippen LogP contribution is -2.26. The average Bonchev–Trinajstić information content (AvgIpc) is 2.76. The maximum Gasteiger partial charge on any atom is 0.261 e. The summed E-state index contributed by atoms with van der Waals surface area (Å²) >= 11 is 1.38. The molecule has 19 heavy (non-hydrogen) atoms. The number of hydrogen-bond donors (Lipinski definition) is 2. The van der Waals surface area contributed by atoms with Crippen LogP contribution in [0.4, 0.5) is 5.82 Å². The van der Waals surface area contributed by atoms with Crippen LogP contribution in [0.3, 0.4) is 0 Å². The number of carbonyl (C=O) groups excluding carboxylic acids is 1. The number of anilines is 1. The van der Waals surface area contributed by atoms with E-state index in [1.807, 2.05) is 6.92 Å². The van der Waals surface area contributed by atoms with Gasteiger partial charge in [-0.05, 0) is 12.5 Å². The van der Waals surface area contributed by atoms with Crippen molar-refractivity contribution < 1.29 is 9.53 Å². The van der Waals surface area contributed by atoms with Gasteiger partial charge in [-0.3, -0.25) is 4.79 Å². The molecule has 102 valence electrons. The molecule has 2 rings (SSSR count). The van der Waals surface area contributed by atoms with E-state index in [0.29, 0.717) is 18.0 Å². The lowest BCUT2D eigenvalue weighted by atomic mass is 10.2. The van der Waals surface area contributed by atoms with Crippen LogP contribution in [0.25, 0.3) is 10.2 Å². The largest absolute Gasteiger partial charge is 0.383 e. The van der Waals surface area contributed by atoms with Gasteiger partial charge in [0.2, 0.25) is 0 Å². The summed E-state index contributed by atoms with van der Waals surface area (Å²) in [6, 6.07) is 0. The zero-order chi connectivity index (χ0) is 13.8. The molecule has 0 aliphatic rings. The summed E-state index contributed by atoms with van der Waals surface area (Å²) < 4.78 is 4.91. The van der Waals surface area contributed by atoms with E-state index in [1.165, 1.54) is 17.7 Å². The van der Waals surface area contributed by atoms with Gasteiger partial charge in [0.25, 0.3) is 5.91 Å². The molecule has 0 fully saturated rings. The van der Waals surface area contributed by atoms with Crippen LogP contribution in [0.5, 0.6) is 0 Å². The Balaban J connectivity index is 2.34. The van der Waals surface area contributed by atoms with Gasteiger partial charge < -0.3 is 15.4 Å². The van der Waals surface area contributed by atoms with E-state index >= 15 is 0 Å². The molecule has 2 N–H and O–H groups in total. The fourth-order valence-electron chi connectivity index (χ4n) is 1.82. The average molecular weight is 280 g/mol. The highest BCUT2D eigenvalue weighted by atomic mass is 32.1. The maximum absolute atomic E-state index is 12.1. The molecule has 0 atom stereocenters. The van der Waals surface area contributed by atoms with Gasteiger partial charge in [0.1, 0.15) is 17.0 Å². The minimum Gasteiger partial charge on any atom is -0.383 e. The van der Waals surface area contributed by atoms with Crippen LogP contribution >= 0.6 is 11.3 Å². The number of carbonyl (C=O) groups is 1. The number of methoxy groups -OCH3 is 1. The van der Waals surface area contributed by atoms with Crippen LogP contribution < -0.4 is 10.6 Å². The number of nitrogens with one attached hydrogen (secondary N) is 2. The highest BCUT2D eigenvalue weighted by Crippen LogP contribution is 2.32. The Hall–Kier alpha value is -1.73. The molecule has 0 radical (unpaired) electrons. The highest BCUT2D eigenvalue weighted by Gasteiger charge is 2.18.